The topological polar surface area (TPSA) is 95.3 Å². The summed E-state index contributed by atoms with van der Waals surface area (Å²) in [6, 6.07) is 8.25. The van der Waals surface area contributed by atoms with Gasteiger partial charge in [-0.1, -0.05) is 32.1 Å². The number of hydrogen-bond donors (Lipinski definition) is 0. The second-order valence-corrected chi connectivity index (χ2v) is 11.8. The van der Waals surface area contributed by atoms with Gasteiger partial charge in [-0.15, -0.1) is 5.10 Å². The van der Waals surface area contributed by atoms with Crippen molar-refractivity contribution in [2.24, 2.45) is 0 Å². The molecule has 0 aliphatic carbocycles. The lowest BCUT2D eigenvalue weighted by Crippen LogP contribution is -2.42. The number of amides is 1. The lowest BCUT2D eigenvalue weighted by Gasteiger charge is -2.33. The Hall–Kier alpha value is -3.49. The fourth-order valence-corrected chi connectivity index (χ4v) is 4.53. The van der Waals surface area contributed by atoms with E-state index in [9.17, 15) is 4.79 Å². The molecule has 0 saturated carbocycles. The summed E-state index contributed by atoms with van der Waals surface area (Å²) in [6.07, 6.45) is 2.92. The average Bonchev–Trinajstić information content (AvgIpc) is 3.23. The highest BCUT2D eigenvalue weighted by Crippen LogP contribution is 2.35. The van der Waals surface area contributed by atoms with Gasteiger partial charge in [0.25, 0.3) is 0 Å². The van der Waals surface area contributed by atoms with Crippen molar-refractivity contribution < 1.29 is 14.3 Å². The molecule has 1 aliphatic rings. The van der Waals surface area contributed by atoms with Crippen LogP contribution in [0.5, 0.6) is 11.8 Å². The van der Waals surface area contributed by atoms with E-state index in [1.807, 2.05) is 57.5 Å². The lowest BCUT2D eigenvalue weighted by atomic mass is 9.89. The molecule has 9 nitrogen and oxygen atoms in total. The van der Waals surface area contributed by atoms with E-state index < -0.39 is 5.60 Å². The minimum absolute atomic E-state index is 0.0797. The van der Waals surface area contributed by atoms with Crippen LogP contribution in [-0.4, -0.2) is 54.6 Å². The summed E-state index contributed by atoms with van der Waals surface area (Å²) < 4.78 is 13.6. The first kappa shape index (κ1) is 26.6. The second kappa shape index (κ2) is 10.1. The molecule has 1 aliphatic heterocycles. The van der Waals surface area contributed by atoms with Crippen molar-refractivity contribution in [2.75, 3.05) is 13.1 Å². The van der Waals surface area contributed by atoms with E-state index in [1.54, 1.807) is 11.1 Å². The van der Waals surface area contributed by atoms with Crippen LogP contribution in [0.25, 0.3) is 11.4 Å². The molecule has 1 fully saturated rings. The molecule has 0 radical (unpaired) electrons. The Morgan fingerprint density at radius 2 is 1.65 bits per heavy atom. The predicted octanol–water partition coefficient (Wildman–Crippen LogP) is 6.01. The third-order valence-corrected chi connectivity index (χ3v) is 6.15. The van der Waals surface area contributed by atoms with Crippen LogP contribution in [0, 0.1) is 13.8 Å². The molecular weight excluding hydrogens is 468 g/mol. The number of rotatable bonds is 4. The number of hydrogen-bond acceptors (Lipinski definition) is 7. The molecule has 1 amide bonds. The van der Waals surface area contributed by atoms with Gasteiger partial charge in [0.15, 0.2) is 0 Å². The molecule has 1 saturated heterocycles. The highest BCUT2D eigenvalue weighted by atomic mass is 16.6. The Morgan fingerprint density at radius 1 is 1.00 bits per heavy atom. The minimum Gasteiger partial charge on any atom is -0.444 e. The first-order chi connectivity index (χ1) is 17.3. The van der Waals surface area contributed by atoms with Gasteiger partial charge in [-0.05, 0) is 76.8 Å². The van der Waals surface area contributed by atoms with Crippen LogP contribution in [0.4, 0.5) is 4.79 Å². The number of aromatic nitrogens is 5. The van der Waals surface area contributed by atoms with E-state index >= 15 is 0 Å². The summed E-state index contributed by atoms with van der Waals surface area (Å²) in [5.41, 5.74) is 3.89. The highest BCUT2D eigenvalue weighted by Gasteiger charge is 2.33. The summed E-state index contributed by atoms with van der Waals surface area (Å²) in [5, 5.41) is 9.16. The molecule has 0 N–H and O–H groups in total. The van der Waals surface area contributed by atoms with Gasteiger partial charge < -0.3 is 14.4 Å². The van der Waals surface area contributed by atoms with Crippen LogP contribution in [0.1, 0.15) is 77.2 Å². The van der Waals surface area contributed by atoms with Crippen molar-refractivity contribution in [2.45, 2.75) is 85.3 Å². The highest BCUT2D eigenvalue weighted by molar-refractivity contribution is 5.68. The smallest absolute Gasteiger partial charge is 0.410 e. The quantitative estimate of drug-likeness (QED) is 0.427. The van der Waals surface area contributed by atoms with Crippen molar-refractivity contribution in [1.29, 1.82) is 0 Å². The third kappa shape index (κ3) is 6.45. The summed E-state index contributed by atoms with van der Waals surface area (Å²) in [6.45, 7) is 17.2. The zero-order chi connectivity index (χ0) is 27.0. The summed E-state index contributed by atoms with van der Waals surface area (Å²) >= 11 is 0. The van der Waals surface area contributed by atoms with Gasteiger partial charge in [-0.25, -0.2) is 14.5 Å². The normalized spacial score (nSPS) is 15.1. The van der Waals surface area contributed by atoms with Crippen LogP contribution in [-0.2, 0) is 10.2 Å². The molecule has 3 aromatic rings. The van der Waals surface area contributed by atoms with E-state index in [-0.39, 0.29) is 23.6 Å². The third-order valence-electron chi connectivity index (χ3n) is 6.15. The number of nitrogens with zero attached hydrogens (tertiary/aromatic N) is 6. The lowest BCUT2D eigenvalue weighted by molar-refractivity contribution is 0.0185. The zero-order valence-electron chi connectivity index (χ0n) is 23.2. The molecule has 4 rings (SSSR count). The van der Waals surface area contributed by atoms with Crippen molar-refractivity contribution >= 4 is 6.09 Å². The number of benzene rings is 1. The fraction of sp³-hybridized carbons (Fsp3) is 0.536. The Morgan fingerprint density at radius 3 is 2.24 bits per heavy atom. The maximum absolute atomic E-state index is 12.5. The van der Waals surface area contributed by atoms with E-state index in [4.69, 9.17) is 14.5 Å². The number of ether oxygens (including phenoxy) is 2. The molecule has 2 aromatic heterocycles. The van der Waals surface area contributed by atoms with Gasteiger partial charge in [0, 0.05) is 24.7 Å². The maximum atomic E-state index is 12.5. The monoisotopic (exact) mass is 506 g/mol. The molecule has 3 heterocycles. The van der Waals surface area contributed by atoms with Gasteiger partial charge in [0.1, 0.15) is 17.0 Å². The van der Waals surface area contributed by atoms with Crippen LogP contribution in [0.3, 0.4) is 0 Å². The Labute approximate surface area is 219 Å². The Balaban J connectivity index is 1.62. The molecule has 37 heavy (non-hydrogen) atoms. The Kier molecular flexibility index (Phi) is 7.26. The number of piperidine rings is 1. The van der Waals surface area contributed by atoms with E-state index in [0.717, 1.165) is 35.4 Å². The molecule has 9 heteroatoms. The molecule has 1 aromatic carbocycles. The van der Waals surface area contributed by atoms with E-state index in [2.05, 4.69) is 42.1 Å². The number of carbonyl (C=O) groups is 1. The average molecular weight is 507 g/mol. The summed E-state index contributed by atoms with van der Waals surface area (Å²) in [4.78, 5) is 23.4. The largest absolute Gasteiger partial charge is 0.444 e. The van der Waals surface area contributed by atoms with Crippen LogP contribution in [0.15, 0.2) is 30.5 Å². The predicted molar refractivity (Wildman–Crippen MR) is 142 cm³/mol. The van der Waals surface area contributed by atoms with Crippen molar-refractivity contribution in [1.82, 2.24) is 29.9 Å². The van der Waals surface area contributed by atoms with Crippen molar-refractivity contribution in [3.8, 4) is 23.1 Å². The van der Waals surface area contributed by atoms with E-state index in [0.29, 0.717) is 24.5 Å². The first-order valence-electron chi connectivity index (χ1n) is 12.8. The van der Waals surface area contributed by atoms with Gasteiger partial charge in [0.05, 0.1) is 17.4 Å². The minimum atomic E-state index is -0.515. The van der Waals surface area contributed by atoms with Gasteiger partial charge in [-0.2, -0.15) is 4.98 Å². The van der Waals surface area contributed by atoms with Crippen molar-refractivity contribution in [3.05, 3.63) is 47.3 Å². The van der Waals surface area contributed by atoms with Crippen LogP contribution in [0.2, 0.25) is 0 Å². The molecule has 0 bridgehead atoms. The van der Waals surface area contributed by atoms with Crippen LogP contribution < -0.4 is 4.74 Å². The van der Waals surface area contributed by atoms with E-state index in [1.165, 1.54) is 0 Å². The number of likely N-dealkylation sites (tertiary alicyclic amines) is 1. The zero-order valence-corrected chi connectivity index (χ0v) is 23.2. The molecule has 198 valence electrons. The second-order valence-electron chi connectivity index (χ2n) is 11.8. The maximum Gasteiger partial charge on any atom is 0.410 e. The standard InChI is InChI=1S/C28H38N6O3/c1-18-15-19(2)17-21(16-18)36-25-29-12-9-22(30-25)23-24(27(3,4)5)31-32-34(23)20-10-13-33(14-11-20)26(35)37-28(6,7)8/h9,12,15-17,20H,10-11,13-14H2,1-8H3. The van der Waals surface area contributed by atoms with Gasteiger partial charge in [0.2, 0.25) is 0 Å². The summed E-state index contributed by atoms with van der Waals surface area (Å²) in [5.74, 6) is 0.701. The number of carbonyl (C=O) groups excluding carboxylic acids is 1. The summed E-state index contributed by atoms with van der Waals surface area (Å²) in [7, 11) is 0. The van der Waals surface area contributed by atoms with Crippen molar-refractivity contribution in [3.63, 3.8) is 0 Å². The van der Waals surface area contributed by atoms with Gasteiger partial charge in [-0.3, -0.25) is 0 Å². The molecule has 0 atom stereocenters. The number of aryl methyl sites for hydroxylation is 2. The fourth-order valence-electron chi connectivity index (χ4n) is 4.53. The first-order valence-corrected chi connectivity index (χ1v) is 12.8. The van der Waals surface area contributed by atoms with Crippen LogP contribution >= 0.6 is 0 Å². The molecular formula is C28H38N6O3. The molecule has 0 spiro atoms. The molecule has 0 unspecified atom stereocenters. The SMILES string of the molecule is Cc1cc(C)cc(Oc2nccc(-c3c(C(C)(C)C)nnn3C3CCN(C(=O)OC(C)(C)C)CC3)n2)c1. The van der Waals surface area contributed by atoms with Gasteiger partial charge >= 0.3 is 12.1 Å². The Bertz CT molecular complexity index is 1240.